The molecule has 2 rings (SSSR count). The summed E-state index contributed by atoms with van der Waals surface area (Å²) in [6, 6.07) is 13.1. The molecule has 7 nitrogen and oxygen atoms in total. The number of hydrogen-bond acceptors (Lipinski definition) is 5. The van der Waals surface area contributed by atoms with Crippen LogP contribution < -0.4 is 9.47 Å². The number of nitrogens with zero attached hydrogens (tertiary/aromatic N) is 2. The van der Waals surface area contributed by atoms with Gasteiger partial charge in [-0.3, -0.25) is 14.9 Å². The summed E-state index contributed by atoms with van der Waals surface area (Å²) < 4.78 is 10.7. The van der Waals surface area contributed by atoms with Crippen molar-refractivity contribution in [2.45, 2.75) is 6.10 Å². The lowest BCUT2D eigenvalue weighted by Crippen LogP contribution is -2.31. The summed E-state index contributed by atoms with van der Waals surface area (Å²) >= 11 is 0. The molecular weight excluding hydrogens is 312 g/mol. The van der Waals surface area contributed by atoms with Crippen LogP contribution in [0.25, 0.3) is 0 Å². The molecule has 1 amide bonds. The van der Waals surface area contributed by atoms with E-state index in [2.05, 4.69) is 0 Å². The van der Waals surface area contributed by atoms with Crippen LogP contribution in [0, 0.1) is 10.1 Å². The van der Waals surface area contributed by atoms with E-state index in [9.17, 15) is 14.9 Å². The predicted molar refractivity (Wildman–Crippen MR) is 88.2 cm³/mol. The maximum Gasteiger partial charge on any atom is 0.314 e. The van der Waals surface area contributed by atoms with Crippen LogP contribution in [0.2, 0.25) is 0 Å². The van der Waals surface area contributed by atoms with Crippen LogP contribution in [0.5, 0.6) is 11.5 Å². The maximum absolute atomic E-state index is 12.5. The molecule has 0 heterocycles. The molecule has 0 saturated carbocycles. The fourth-order valence-corrected chi connectivity index (χ4v) is 2.12. The third kappa shape index (κ3) is 3.81. The van der Waals surface area contributed by atoms with Gasteiger partial charge >= 0.3 is 5.69 Å². The number of methoxy groups -OCH3 is 1. The summed E-state index contributed by atoms with van der Waals surface area (Å²) in [5.41, 5.74) is 0.350. The van der Waals surface area contributed by atoms with Crippen LogP contribution in [-0.2, 0) is 4.79 Å². The Morgan fingerprint density at radius 3 is 2.38 bits per heavy atom. The van der Waals surface area contributed by atoms with Gasteiger partial charge in [-0.1, -0.05) is 30.3 Å². The minimum atomic E-state index is -0.978. The fraction of sp³-hybridized carbons (Fsp3) is 0.235. The topological polar surface area (TPSA) is 81.9 Å². The van der Waals surface area contributed by atoms with Crippen LogP contribution in [0.3, 0.4) is 0 Å². The summed E-state index contributed by atoms with van der Waals surface area (Å²) in [5, 5.41) is 11.3. The first-order valence-corrected chi connectivity index (χ1v) is 7.19. The average Bonchev–Trinajstić information content (AvgIpc) is 2.59. The number of hydrogen-bond donors (Lipinski definition) is 0. The molecule has 0 aliphatic heterocycles. The lowest BCUT2D eigenvalue weighted by atomic mass is 10.1. The maximum atomic E-state index is 12.5. The zero-order chi connectivity index (χ0) is 17.7. The van der Waals surface area contributed by atoms with Crippen molar-refractivity contribution in [2.75, 3.05) is 21.2 Å². The Bertz CT molecular complexity index is 731. The van der Waals surface area contributed by atoms with Gasteiger partial charge in [0.05, 0.1) is 18.1 Å². The third-order valence-electron chi connectivity index (χ3n) is 3.38. The first-order chi connectivity index (χ1) is 11.4. The SMILES string of the molecule is COc1ccc(O[C@@H](C(=O)N(C)C)c2ccccc2)c([N+](=O)[O-])c1. The van der Waals surface area contributed by atoms with Gasteiger partial charge in [-0.25, -0.2) is 0 Å². The predicted octanol–water partition coefficient (Wildman–Crippen LogP) is 2.81. The molecule has 0 fully saturated rings. The van der Waals surface area contributed by atoms with Crippen molar-refractivity contribution in [2.24, 2.45) is 0 Å². The molecule has 0 aliphatic rings. The van der Waals surface area contributed by atoms with E-state index < -0.39 is 11.0 Å². The highest BCUT2D eigenvalue weighted by Gasteiger charge is 2.27. The lowest BCUT2D eigenvalue weighted by molar-refractivity contribution is -0.386. The number of rotatable bonds is 6. The Morgan fingerprint density at radius 1 is 1.17 bits per heavy atom. The zero-order valence-corrected chi connectivity index (χ0v) is 13.6. The summed E-state index contributed by atoms with van der Waals surface area (Å²) in [4.78, 5) is 24.6. The van der Waals surface area contributed by atoms with E-state index in [1.807, 2.05) is 6.07 Å². The van der Waals surface area contributed by atoms with Gasteiger partial charge in [0.1, 0.15) is 5.75 Å². The van der Waals surface area contributed by atoms with Gasteiger partial charge in [-0.2, -0.15) is 0 Å². The van der Waals surface area contributed by atoms with Gasteiger partial charge in [0.2, 0.25) is 6.10 Å². The monoisotopic (exact) mass is 330 g/mol. The Balaban J connectivity index is 2.43. The normalized spacial score (nSPS) is 11.5. The second-order valence-corrected chi connectivity index (χ2v) is 5.23. The highest BCUT2D eigenvalue weighted by atomic mass is 16.6. The number of nitro benzene ring substituents is 1. The first-order valence-electron chi connectivity index (χ1n) is 7.19. The summed E-state index contributed by atoms with van der Waals surface area (Å²) in [6.07, 6.45) is -0.978. The van der Waals surface area contributed by atoms with Gasteiger partial charge in [0, 0.05) is 19.7 Å². The average molecular weight is 330 g/mol. The zero-order valence-electron chi connectivity index (χ0n) is 13.6. The number of carbonyl (C=O) groups is 1. The molecule has 126 valence electrons. The van der Waals surface area contributed by atoms with Crippen molar-refractivity contribution in [3.05, 3.63) is 64.2 Å². The fourth-order valence-electron chi connectivity index (χ4n) is 2.12. The minimum absolute atomic E-state index is 0.00449. The highest BCUT2D eigenvalue weighted by molar-refractivity contribution is 5.82. The number of benzene rings is 2. The molecule has 1 atom stereocenters. The number of carbonyl (C=O) groups excluding carboxylic acids is 1. The molecule has 0 aliphatic carbocycles. The van der Waals surface area contributed by atoms with Crippen molar-refractivity contribution in [3.63, 3.8) is 0 Å². The van der Waals surface area contributed by atoms with Gasteiger partial charge in [0.25, 0.3) is 5.91 Å². The van der Waals surface area contributed by atoms with E-state index in [-0.39, 0.29) is 17.3 Å². The standard InChI is InChI=1S/C17H18N2O5/c1-18(2)17(20)16(12-7-5-4-6-8-12)24-15-10-9-13(23-3)11-14(15)19(21)22/h4-11,16H,1-3H3/t16-/m1/s1. The molecule has 2 aromatic carbocycles. The van der Waals surface area contributed by atoms with Crippen molar-refractivity contribution in [3.8, 4) is 11.5 Å². The van der Waals surface area contributed by atoms with Gasteiger partial charge < -0.3 is 14.4 Å². The van der Waals surface area contributed by atoms with Crippen molar-refractivity contribution >= 4 is 11.6 Å². The second-order valence-electron chi connectivity index (χ2n) is 5.23. The van der Waals surface area contributed by atoms with Crippen molar-refractivity contribution in [1.82, 2.24) is 4.90 Å². The van der Waals surface area contributed by atoms with Crippen LogP contribution in [0.4, 0.5) is 5.69 Å². The van der Waals surface area contributed by atoms with Crippen LogP contribution >= 0.6 is 0 Å². The number of ether oxygens (including phenoxy) is 2. The molecule has 0 bridgehead atoms. The molecule has 0 radical (unpaired) electrons. The largest absolute Gasteiger partial charge is 0.496 e. The third-order valence-corrected chi connectivity index (χ3v) is 3.38. The molecule has 24 heavy (non-hydrogen) atoms. The Kier molecular flexibility index (Phi) is 5.36. The number of nitro groups is 1. The highest BCUT2D eigenvalue weighted by Crippen LogP contribution is 2.34. The molecule has 0 saturated heterocycles. The molecule has 0 spiro atoms. The quantitative estimate of drug-likeness (QED) is 0.601. The Morgan fingerprint density at radius 2 is 1.83 bits per heavy atom. The Hall–Kier alpha value is -3.09. The smallest absolute Gasteiger partial charge is 0.314 e. The van der Waals surface area contributed by atoms with E-state index in [1.54, 1.807) is 44.4 Å². The van der Waals surface area contributed by atoms with E-state index in [0.29, 0.717) is 11.3 Å². The Labute approximate surface area is 139 Å². The van der Waals surface area contributed by atoms with Crippen LogP contribution in [0.15, 0.2) is 48.5 Å². The second kappa shape index (κ2) is 7.45. The summed E-state index contributed by atoms with van der Waals surface area (Å²) in [5.74, 6) is 0.0282. The van der Waals surface area contributed by atoms with Crippen LogP contribution in [-0.4, -0.2) is 36.9 Å². The van der Waals surface area contributed by atoms with E-state index in [0.717, 1.165) is 0 Å². The summed E-state index contributed by atoms with van der Waals surface area (Å²) in [6.45, 7) is 0. The van der Waals surface area contributed by atoms with Gasteiger partial charge in [-0.15, -0.1) is 0 Å². The van der Waals surface area contributed by atoms with E-state index >= 15 is 0 Å². The minimum Gasteiger partial charge on any atom is -0.496 e. The first kappa shape index (κ1) is 17.3. The molecular formula is C17H18N2O5. The van der Waals surface area contributed by atoms with E-state index in [1.165, 1.54) is 24.1 Å². The lowest BCUT2D eigenvalue weighted by Gasteiger charge is -2.22. The molecule has 2 aromatic rings. The number of likely N-dealkylation sites (N-methyl/N-ethyl adjacent to an activating group) is 1. The molecule has 0 aromatic heterocycles. The van der Waals surface area contributed by atoms with E-state index in [4.69, 9.17) is 9.47 Å². The summed E-state index contributed by atoms with van der Waals surface area (Å²) in [7, 11) is 4.62. The number of amides is 1. The van der Waals surface area contributed by atoms with Crippen molar-refractivity contribution in [1.29, 1.82) is 0 Å². The van der Waals surface area contributed by atoms with Crippen molar-refractivity contribution < 1.29 is 19.2 Å². The van der Waals surface area contributed by atoms with Gasteiger partial charge in [0.15, 0.2) is 5.75 Å². The molecule has 0 unspecified atom stereocenters. The van der Waals surface area contributed by atoms with Crippen LogP contribution in [0.1, 0.15) is 11.7 Å². The molecule has 7 heteroatoms. The molecule has 0 N–H and O–H groups in total. The van der Waals surface area contributed by atoms with Gasteiger partial charge in [-0.05, 0) is 12.1 Å².